The molecule has 1 N–H and O–H groups in total. The Morgan fingerprint density at radius 1 is 1.57 bits per heavy atom. The maximum Gasteiger partial charge on any atom is 0.344 e. The number of aldehydes is 1. The topological polar surface area (TPSA) is 63.6 Å². The average molecular weight is 194 g/mol. The normalized spacial score (nSPS) is 11.8. The number of aliphatic carboxylic acids is 1. The van der Waals surface area contributed by atoms with E-state index in [4.69, 9.17) is 9.84 Å². The van der Waals surface area contributed by atoms with Crippen molar-refractivity contribution in [3.8, 4) is 5.75 Å². The lowest BCUT2D eigenvalue weighted by molar-refractivity contribution is -0.144. The van der Waals surface area contributed by atoms with Gasteiger partial charge in [-0.25, -0.2) is 4.79 Å². The third-order valence-corrected chi connectivity index (χ3v) is 1.65. The highest BCUT2D eigenvalue weighted by molar-refractivity contribution is 5.75. The van der Waals surface area contributed by atoms with Crippen molar-refractivity contribution in [3.63, 3.8) is 0 Å². The van der Waals surface area contributed by atoms with Crippen molar-refractivity contribution in [2.24, 2.45) is 0 Å². The van der Waals surface area contributed by atoms with Crippen molar-refractivity contribution in [3.05, 3.63) is 29.8 Å². The first kappa shape index (κ1) is 10.2. The molecule has 0 fully saturated rings. The maximum absolute atomic E-state index is 10.5. The van der Waals surface area contributed by atoms with E-state index in [1.54, 1.807) is 18.2 Å². The summed E-state index contributed by atoms with van der Waals surface area (Å²) in [6.07, 6.45) is -0.241. The van der Waals surface area contributed by atoms with Crippen molar-refractivity contribution in [1.29, 1.82) is 0 Å². The number of ether oxygens (including phenoxy) is 1. The Bertz CT molecular complexity index is 346. The van der Waals surface area contributed by atoms with E-state index < -0.39 is 12.1 Å². The summed E-state index contributed by atoms with van der Waals surface area (Å²) >= 11 is 0. The highest BCUT2D eigenvalue weighted by Crippen LogP contribution is 2.13. The molecule has 1 atom stereocenters. The second-order valence-corrected chi connectivity index (χ2v) is 2.79. The zero-order valence-corrected chi connectivity index (χ0v) is 7.64. The van der Waals surface area contributed by atoms with Crippen molar-refractivity contribution in [2.45, 2.75) is 13.0 Å². The van der Waals surface area contributed by atoms with Crippen LogP contribution in [0, 0.1) is 0 Å². The van der Waals surface area contributed by atoms with E-state index in [9.17, 15) is 9.59 Å². The number of carbonyl (C=O) groups excluding carboxylic acids is 1. The van der Waals surface area contributed by atoms with Crippen molar-refractivity contribution in [1.82, 2.24) is 0 Å². The molecule has 1 rings (SSSR count). The summed E-state index contributed by atoms with van der Waals surface area (Å²) in [6, 6.07) is 6.35. The predicted molar refractivity (Wildman–Crippen MR) is 49.6 cm³/mol. The largest absolute Gasteiger partial charge is 0.479 e. The number of carboxylic acid groups (broad SMARTS) is 1. The molecule has 0 saturated heterocycles. The monoisotopic (exact) mass is 194 g/mol. The van der Waals surface area contributed by atoms with Gasteiger partial charge in [-0.1, -0.05) is 12.1 Å². The summed E-state index contributed by atoms with van der Waals surface area (Å²) in [4.78, 5) is 20.9. The van der Waals surface area contributed by atoms with E-state index in [0.717, 1.165) is 0 Å². The number of carboxylic acids is 1. The van der Waals surface area contributed by atoms with Crippen LogP contribution in [0.25, 0.3) is 0 Å². The van der Waals surface area contributed by atoms with E-state index in [0.29, 0.717) is 17.6 Å². The minimum atomic E-state index is -1.04. The molecule has 0 amide bonds. The fourth-order valence-electron chi connectivity index (χ4n) is 0.916. The molecule has 4 heteroatoms. The summed E-state index contributed by atoms with van der Waals surface area (Å²) < 4.78 is 5.06. The van der Waals surface area contributed by atoms with Crippen molar-refractivity contribution in [2.75, 3.05) is 0 Å². The van der Waals surface area contributed by atoms with Crippen LogP contribution >= 0.6 is 0 Å². The Morgan fingerprint density at radius 2 is 2.29 bits per heavy atom. The van der Waals surface area contributed by atoms with Gasteiger partial charge in [0, 0.05) is 5.56 Å². The lowest BCUT2D eigenvalue weighted by atomic mass is 10.2. The molecular formula is C10H10O4. The Balaban J connectivity index is 2.76. The standard InChI is InChI=1S/C10H10O4/c1-7(10(12)13)14-9-4-2-3-8(5-9)6-11/h2-7H,1H3,(H,12,13). The van der Waals surface area contributed by atoms with Gasteiger partial charge in [-0.2, -0.15) is 0 Å². The van der Waals surface area contributed by atoms with Crippen molar-refractivity contribution < 1.29 is 19.4 Å². The number of carbonyl (C=O) groups is 2. The zero-order valence-electron chi connectivity index (χ0n) is 7.64. The Kier molecular flexibility index (Phi) is 3.23. The fourth-order valence-corrected chi connectivity index (χ4v) is 0.916. The van der Waals surface area contributed by atoms with Gasteiger partial charge in [0.05, 0.1) is 0 Å². The quantitative estimate of drug-likeness (QED) is 0.735. The minimum Gasteiger partial charge on any atom is -0.479 e. The van der Waals surface area contributed by atoms with Crippen LogP contribution in [-0.4, -0.2) is 23.5 Å². The maximum atomic E-state index is 10.5. The lowest BCUT2D eigenvalue weighted by Gasteiger charge is -2.09. The Labute approximate surface area is 81.1 Å². The van der Waals surface area contributed by atoms with Gasteiger partial charge >= 0.3 is 5.97 Å². The van der Waals surface area contributed by atoms with Crippen LogP contribution in [0.1, 0.15) is 17.3 Å². The zero-order chi connectivity index (χ0) is 10.6. The molecule has 0 aliphatic heterocycles. The average Bonchev–Trinajstić information content (AvgIpc) is 2.18. The van der Waals surface area contributed by atoms with E-state index in [1.165, 1.54) is 13.0 Å². The van der Waals surface area contributed by atoms with E-state index in [1.807, 2.05) is 0 Å². The summed E-state index contributed by atoms with van der Waals surface area (Å²) in [5.41, 5.74) is 0.458. The fraction of sp³-hybridized carbons (Fsp3) is 0.200. The molecular weight excluding hydrogens is 184 g/mol. The highest BCUT2D eigenvalue weighted by atomic mass is 16.5. The Morgan fingerprint density at radius 3 is 2.86 bits per heavy atom. The van der Waals surface area contributed by atoms with Crippen LogP contribution in [0.5, 0.6) is 5.75 Å². The van der Waals surface area contributed by atoms with Gasteiger partial charge in [0.1, 0.15) is 12.0 Å². The molecule has 1 aromatic carbocycles. The minimum absolute atomic E-state index is 0.379. The summed E-state index contributed by atoms with van der Waals surface area (Å²) in [7, 11) is 0. The number of hydrogen-bond donors (Lipinski definition) is 1. The van der Waals surface area contributed by atoms with Gasteiger partial charge in [-0.3, -0.25) is 4.79 Å². The third-order valence-electron chi connectivity index (χ3n) is 1.65. The molecule has 0 radical (unpaired) electrons. The predicted octanol–water partition coefficient (Wildman–Crippen LogP) is 1.35. The molecule has 0 spiro atoms. The van der Waals surface area contributed by atoms with Gasteiger partial charge in [0.25, 0.3) is 0 Å². The highest BCUT2D eigenvalue weighted by Gasteiger charge is 2.11. The first-order chi connectivity index (χ1) is 6.63. The number of hydrogen-bond acceptors (Lipinski definition) is 3. The van der Waals surface area contributed by atoms with E-state index in [2.05, 4.69) is 0 Å². The van der Waals surface area contributed by atoms with E-state index in [-0.39, 0.29) is 0 Å². The second-order valence-electron chi connectivity index (χ2n) is 2.79. The van der Waals surface area contributed by atoms with Crippen LogP contribution in [0.2, 0.25) is 0 Å². The van der Waals surface area contributed by atoms with Gasteiger partial charge < -0.3 is 9.84 Å². The van der Waals surface area contributed by atoms with Crippen LogP contribution in [0.3, 0.4) is 0 Å². The molecule has 0 aliphatic rings. The molecule has 0 heterocycles. The smallest absolute Gasteiger partial charge is 0.344 e. The van der Waals surface area contributed by atoms with Gasteiger partial charge in [0.15, 0.2) is 6.10 Å². The molecule has 1 aromatic rings. The van der Waals surface area contributed by atoms with Crippen LogP contribution < -0.4 is 4.74 Å². The summed E-state index contributed by atoms with van der Waals surface area (Å²) in [5, 5.41) is 8.58. The van der Waals surface area contributed by atoms with Crippen molar-refractivity contribution >= 4 is 12.3 Å². The SMILES string of the molecule is CC(Oc1cccc(C=O)c1)C(=O)O. The van der Waals surface area contributed by atoms with Gasteiger partial charge in [0.2, 0.25) is 0 Å². The molecule has 0 saturated carbocycles. The molecule has 0 aromatic heterocycles. The molecule has 4 nitrogen and oxygen atoms in total. The molecule has 0 bridgehead atoms. The molecule has 14 heavy (non-hydrogen) atoms. The number of benzene rings is 1. The van der Waals surface area contributed by atoms with E-state index >= 15 is 0 Å². The lowest BCUT2D eigenvalue weighted by Crippen LogP contribution is -2.22. The number of rotatable bonds is 4. The third kappa shape index (κ3) is 2.58. The van der Waals surface area contributed by atoms with Gasteiger partial charge in [-0.05, 0) is 19.1 Å². The second kappa shape index (κ2) is 4.41. The van der Waals surface area contributed by atoms with Crippen LogP contribution in [-0.2, 0) is 4.79 Å². The van der Waals surface area contributed by atoms with Gasteiger partial charge in [-0.15, -0.1) is 0 Å². The van der Waals surface area contributed by atoms with Crippen LogP contribution in [0.4, 0.5) is 0 Å². The Hall–Kier alpha value is -1.84. The molecule has 74 valence electrons. The first-order valence-electron chi connectivity index (χ1n) is 4.08. The van der Waals surface area contributed by atoms with Crippen LogP contribution in [0.15, 0.2) is 24.3 Å². The summed E-state index contributed by atoms with van der Waals surface area (Å²) in [5.74, 6) is -0.661. The summed E-state index contributed by atoms with van der Waals surface area (Å²) in [6.45, 7) is 1.43. The molecule has 0 aliphatic carbocycles. The first-order valence-corrected chi connectivity index (χ1v) is 4.08. The molecule has 1 unspecified atom stereocenters.